The maximum atomic E-state index is 12.2. The third-order valence-electron chi connectivity index (χ3n) is 3.72. The van der Waals surface area contributed by atoms with Gasteiger partial charge >= 0.3 is 0 Å². The first kappa shape index (κ1) is 18.1. The molecule has 0 radical (unpaired) electrons. The zero-order valence-electron chi connectivity index (χ0n) is 13.0. The van der Waals surface area contributed by atoms with Crippen LogP contribution in [0.4, 0.5) is 11.4 Å². The Kier molecular flexibility index (Phi) is 5.36. The van der Waals surface area contributed by atoms with E-state index in [1.54, 1.807) is 18.0 Å². The van der Waals surface area contributed by atoms with Gasteiger partial charge in [-0.1, -0.05) is 11.6 Å². The number of nitriles is 1. The van der Waals surface area contributed by atoms with E-state index in [0.717, 1.165) is 0 Å². The first-order valence-corrected chi connectivity index (χ1v) is 9.32. The van der Waals surface area contributed by atoms with Crippen LogP contribution in [0.2, 0.25) is 5.02 Å². The maximum absolute atomic E-state index is 12.2. The largest absolute Gasteiger partial charge is 0.399 e. The van der Waals surface area contributed by atoms with Crippen molar-refractivity contribution in [2.24, 2.45) is 0 Å². The molecule has 3 N–H and O–H groups in total. The predicted octanol–water partition coefficient (Wildman–Crippen LogP) is 1.39. The smallest absolute Gasteiger partial charge is 0.267 e. The summed E-state index contributed by atoms with van der Waals surface area (Å²) in [6.45, 7) is 0. The van der Waals surface area contributed by atoms with Gasteiger partial charge in [0.1, 0.15) is 11.6 Å². The minimum Gasteiger partial charge on any atom is -0.399 e. The summed E-state index contributed by atoms with van der Waals surface area (Å²) in [5.74, 6) is -0.494. The average molecular weight is 369 g/mol. The van der Waals surface area contributed by atoms with Gasteiger partial charge in [-0.25, -0.2) is 8.42 Å². The van der Waals surface area contributed by atoms with Crippen molar-refractivity contribution >= 4 is 38.7 Å². The minimum absolute atomic E-state index is 0.0180. The Bertz CT molecular complexity index is 830. The molecule has 1 fully saturated rings. The molecule has 1 amide bonds. The molecule has 1 aliphatic rings. The van der Waals surface area contributed by atoms with Gasteiger partial charge in [-0.2, -0.15) is 5.26 Å². The van der Waals surface area contributed by atoms with Gasteiger partial charge in [-0.05, 0) is 24.6 Å². The van der Waals surface area contributed by atoms with Crippen molar-refractivity contribution in [3.63, 3.8) is 0 Å². The highest BCUT2D eigenvalue weighted by molar-refractivity contribution is 7.91. The van der Waals surface area contributed by atoms with Crippen molar-refractivity contribution < 1.29 is 13.2 Å². The zero-order chi connectivity index (χ0) is 17.9. The number of carbonyl (C=O) groups is 1. The van der Waals surface area contributed by atoms with Crippen LogP contribution < -0.4 is 11.1 Å². The summed E-state index contributed by atoms with van der Waals surface area (Å²) in [4.78, 5) is 13.8. The lowest BCUT2D eigenvalue weighted by molar-refractivity contribution is -0.112. The minimum atomic E-state index is -3.05. The summed E-state index contributed by atoms with van der Waals surface area (Å²) in [5, 5.41) is 12.0. The quantitative estimate of drug-likeness (QED) is 0.471. The summed E-state index contributed by atoms with van der Waals surface area (Å²) >= 11 is 5.99. The molecule has 1 aliphatic heterocycles. The number of hydrogen-bond donors (Lipinski definition) is 2. The van der Waals surface area contributed by atoms with Crippen LogP contribution in [0, 0.1) is 11.3 Å². The van der Waals surface area contributed by atoms with E-state index in [4.69, 9.17) is 17.3 Å². The Morgan fingerprint density at radius 2 is 2.25 bits per heavy atom. The van der Waals surface area contributed by atoms with Gasteiger partial charge < -0.3 is 16.0 Å². The van der Waals surface area contributed by atoms with Gasteiger partial charge in [-0.15, -0.1) is 0 Å². The monoisotopic (exact) mass is 368 g/mol. The topological polar surface area (TPSA) is 116 Å². The molecular weight excluding hydrogens is 352 g/mol. The Morgan fingerprint density at radius 1 is 1.54 bits per heavy atom. The highest BCUT2D eigenvalue weighted by atomic mass is 35.5. The Balaban J connectivity index is 2.12. The summed E-state index contributed by atoms with van der Waals surface area (Å²) in [6, 6.07) is 6.18. The SMILES string of the molecule is CN(/C=C(/C#N)C(=O)Nc1ccc(N)cc1Cl)C1CCS(=O)(=O)C1. The molecule has 0 spiro atoms. The van der Waals surface area contributed by atoms with E-state index >= 15 is 0 Å². The molecule has 1 atom stereocenters. The Labute approximate surface area is 145 Å². The molecule has 1 unspecified atom stereocenters. The molecule has 2 rings (SSSR count). The van der Waals surface area contributed by atoms with Crippen molar-refractivity contribution in [3.8, 4) is 6.07 Å². The van der Waals surface area contributed by atoms with Crippen molar-refractivity contribution in [1.82, 2.24) is 4.90 Å². The Morgan fingerprint density at radius 3 is 2.79 bits per heavy atom. The third kappa shape index (κ3) is 4.40. The fourth-order valence-electron chi connectivity index (χ4n) is 2.37. The summed E-state index contributed by atoms with van der Waals surface area (Å²) < 4.78 is 23.0. The predicted molar refractivity (Wildman–Crippen MR) is 93.0 cm³/mol. The van der Waals surface area contributed by atoms with E-state index in [1.165, 1.54) is 18.3 Å². The number of carbonyl (C=O) groups excluding carboxylic acids is 1. The molecule has 1 saturated heterocycles. The van der Waals surface area contributed by atoms with E-state index in [0.29, 0.717) is 17.8 Å². The van der Waals surface area contributed by atoms with Crippen LogP contribution in [0.5, 0.6) is 0 Å². The number of hydrogen-bond acceptors (Lipinski definition) is 6. The molecule has 1 heterocycles. The molecule has 1 aromatic rings. The van der Waals surface area contributed by atoms with Crippen LogP contribution in [-0.4, -0.2) is 43.8 Å². The number of anilines is 2. The van der Waals surface area contributed by atoms with E-state index in [1.807, 2.05) is 6.07 Å². The molecule has 0 aliphatic carbocycles. The van der Waals surface area contributed by atoms with Crippen LogP contribution in [0.1, 0.15) is 6.42 Å². The molecule has 128 valence electrons. The van der Waals surface area contributed by atoms with E-state index in [9.17, 15) is 18.5 Å². The number of nitrogens with zero attached hydrogens (tertiary/aromatic N) is 2. The van der Waals surface area contributed by atoms with E-state index in [2.05, 4.69) is 5.32 Å². The van der Waals surface area contributed by atoms with E-state index < -0.39 is 15.7 Å². The summed E-state index contributed by atoms with van der Waals surface area (Å²) in [5.41, 5.74) is 6.23. The molecule has 9 heteroatoms. The van der Waals surface area contributed by atoms with Gasteiger partial charge in [0.05, 0.1) is 22.2 Å². The lowest BCUT2D eigenvalue weighted by Crippen LogP contribution is -2.29. The van der Waals surface area contributed by atoms with Crippen molar-refractivity contribution in [3.05, 3.63) is 35.0 Å². The number of amides is 1. The fourth-order valence-corrected chi connectivity index (χ4v) is 4.39. The number of benzene rings is 1. The third-order valence-corrected chi connectivity index (χ3v) is 5.79. The van der Waals surface area contributed by atoms with E-state index in [-0.39, 0.29) is 28.1 Å². The van der Waals surface area contributed by atoms with Gasteiger partial charge in [0.2, 0.25) is 0 Å². The number of nitrogens with two attached hydrogens (primary N) is 1. The number of nitrogens with one attached hydrogen (secondary N) is 1. The zero-order valence-corrected chi connectivity index (χ0v) is 14.6. The second-order valence-electron chi connectivity index (χ2n) is 5.57. The number of sulfone groups is 1. The normalized spacial score (nSPS) is 19.5. The van der Waals surface area contributed by atoms with Crippen LogP contribution in [0.3, 0.4) is 0 Å². The summed E-state index contributed by atoms with van der Waals surface area (Å²) in [7, 11) is -1.40. The number of rotatable bonds is 4. The van der Waals surface area contributed by atoms with Crippen LogP contribution >= 0.6 is 11.6 Å². The number of halogens is 1. The molecule has 0 aromatic heterocycles. The second-order valence-corrected chi connectivity index (χ2v) is 8.21. The van der Waals surface area contributed by atoms with Gasteiger partial charge in [0.25, 0.3) is 5.91 Å². The van der Waals surface area contributed by atoms with Gasteiger partial charge in [0, 0.05) is 25.0 Å². The van der Waals surface area contributed by atoms with Crippen molar-refractivity contribution in [1.29, 1.82) is 5.26 Å². The standard InChI is InChI=1S/C15H17ClN4O3S/c1-20(12-4-5-24(22,23)9-12)8-10(7-17)15(21)19-14-3-2-11(18)6-13(14)16/h2-3,6,8,12H,4-5,9,18H2,1H3,(H,19,21)/b10-8-. The van der Waals surface area contributed by atoms with Crippen LogP contribution in [-0.2, 0) is 14.6 Å². The van der Waals surface area contributed by atoms with Gasteiger partial charge in [-0.3, -0.25) is 4.79 Å². The first-order chi connectivity index (χ1) is 11.2. The summed E-state index contributed by atoms with van der Waals surface area (Å²) in [6.07, 6.45) is 1.82. The fraction of sp³-hybridized carbons (Fsp3) is 0.333. The highest BCUT2D eigenvalue weighted by Crippen LogP contribution is 2.24. The van der Waals surface area contributed by atoms with Crippen LogP contribution in [0.25, 0.3) is 0 Å². The number of nitrogen functional groups attached to an aromatic ring is 1. The average Bonchev–Trinajstić information content (AvgIpc) is 2.87. The molecule has 0 bridgehead atoms. The highest BCUT2D eigenvalue weighted by Gasteiger charge is 2.30. The lowest BCUT2D eigenvalue weighted by Gasteiger charge is -2.21. The van der Waals surface area contributed by atoms with Crippen molar-refractivity contribution in [2.75, 3.05) is 29.6 Å². The molecule has 7 nitrogen and oxygen atoms in total. The Hall–Kier alpha value is -2.24. The molecule has 24 heavy (non-hydrogen) atoms. The van der Waals surface area contributed by atoms with Crippen molar-refractivity contribution in [2.45, 2.75) is 12.5 Å². The van der Waals surface area contributed by atoms with Crippen LogP contribution in [0.15, 0.2) is 30.0 Å². The lowest BCUT2D eigenvalue weighted by atomic mass is 10.2. The molecule has 0 saturated carbocycles. The second kappa shape index (κ2) is 7.11. The molecule has 1 aromatic carbocycles. The maximum Gasteiger partial charge on any atom is 0.267 e. The van der Waals surface area contributed by atoms with Gasteiger partial charge in [0.15, 0.2) is 9.84 Å². The molecular formula is C15H17ClN4O3S. The first-order valence-electron chi connectivity index (χ1n) is 7.12.